The van der Waals surface area contributed by atoms with Crippen molar-refractivity contribution in [1.82, 2.24) is 25.5 Å². The van der Waals surface area contributed by atoms with E-state index in [-0.39, 0.29) is 11.7 Å². The molecule has 2 unspecified atom stereocenters. The first-order valence-corrected chi connectivity index (χ1v) is 13.1. The smallest absolute Gasteiger partial charge is 0.475 e. The number of benzene rings is 1. The van der Waals surface area contributed by atoms with Crippen LogP contribution in [0.4, 0.5) is 13.2 Å². The van der Waals surface area contributed by atoms with Crippen LogP contribution >= 0.6 is 11.8 Å². The summed E-state index contributed by atoms with van der Waals surface area (Å²) in [5.41, 5.74) is 3.21. The number of tetrazole rings is 1. The number of carbonyl (C=O) groups is 1. The topological polar surface area (TPSA) is 118 Å². The first-order valence-electron chi connectivity index (χ1n) is 11.8. The minimum Gasteiger partial charge on any atom is -0.475 e. The van der Waals surface area contributed by atoms with E-state index in [1.807, 2.05) is 16.4 Å². The summed E-state index contributed by atoms with van der Waals surface area (Å²) in [6, 6.07) is 6.38. The van der Waals surface area contributed by atoms with Crippen molar-refractivity contribution in [2.75, 3.05) is 12.8 Å². The van der Waals surface area contributed by atoms with E-state index in [4.69, 9.17) is 16.3 Å². The largest absolute Gasteiger partial charge is 0.490 e. The Kier molecular flexibility index (Phi) is 11.1. The summed E-state index contributed by atoms with van der Waals surface area (Å²) in [5, 5.41) is 32.6. The highest BCUT2D eigenvalue weighted by molar-refractivity contribution is 7.99. The predicted octanol–water partition coefficient (Wildman–Crippen LogP) is 4.90. The number of rotatable bonds is 12. The molecular weight excluding hydrogens is 507 g/mol. The molecule has 3 rings (SSSR count). The SMILES string of the molecule is C#CCCC1(CCNC(CC(C)SC)c2nnnn2-c2c(C)cccc2CC)N=N1.O=C(O)C(F)(F)F. The van der Waals surface area contributed by atoms with Crippen LogP contribution in [0.1, 0.15) is 62.5 Å². The molecule has 202 valence electrons. The standard InChI is InChI=1S/C22H31N7S.C2HF3O2/c1-6-8-12-22(25-26-22)13-14-23-19(15-17(4)30-5)21-24-27-28-29(21)20-16(3)10-9-11-18(20)7-2;3-2(4,5)1(6)7/h1,9-11,17,19,23H,7-8,12-15H2,2-5H3;(H,6,7). The molecule has 1 aliphatic rings. The molecule has 0 saturated carbocycles. The van der Waals surface area contributed by atoms with E-state index >= 15 is 0 Å². The van der Waals surface area contributed by atoms with Crippen molar-refractivity contribution in [3.05, 3.63) is 35.2 Å². The maximum Gasteiger partial charge on any atom is 0.490 e. The van der Waals surface area contributed by atoms with E-state index in [0.717, 1.165) is 43.7 Å². The number of aryl methyl sites for hydroxylation is 2. The number of aliphatic carboxylic acids is 1. The average molecular weight is 540 g/mol. The van der Waals surface area contributed by atoms with Crippen molar-refractivity contribution >= 4 is 17.7 Å². The van der Waals surface area contributed by atoms with E-state index < -0.39 is 12.1 Å². The fourth-order valence-electron chi connectivity index (χ4n) is 3.70. The molecule has 1 aliphatic heterocycles. The lowest BCUT2D eigenvalue weighted by Gasteiger charge is -2.22. The number of terminal acetylenes is 1. The number of carboxylic acid groups (broad SMARTS) is 1. The molecule has 2 N–H and O–H groups in total. The van der Waals surface area contributed by atoms with Crippen molar-refractivity contribution in [3.8, 4) is 18.0 Å². The molecule has 2 aromatic rings. The Morgan fingerprint density at radius 3 is 2.54 bits per heavy atom. The van der Waals surface area contributed by atoms with E-state index in [2.05, 4.69) is 82.2 Å². The fourth-order valence-corrected chi connectivity index (χ4v) is 4.09. The molecule has 37 heavy (non-hydrogen) atoms. The first-order chi connectivity index (χ1) is 17.5. The second-order valence-corrected chi connectivity index (χ2v) is 9.89. The van der Waals surface area contributed by atoms with Gasteiger partial charge in [-0.05, 0) is 47.6 Å². The number of hydrogen-bond acceptors (Lipinski definition) is 8. The number of hydrogen-bond donors (Lipinski definition) is 2. The maximum atomic E-state index is 10.6. The van der Waals surface area contributed by atoms with Gasteiger partial charge in [0, 0.05) is 31.1 Å². The zero-order valence-electron chi connectivity index (χ0n) is 21.3. The fraction of sp³-hybridized carbons (Fsp3) is 0.583. The molecule has 0 bridgehead atoms. The minimum absolute atomic E-state index is 0.0372. The summed E-state index contributed by atoms with van der Waals surface area (Å²) in [7, 11) is 0. The zero-order chi connectivity index (χ0) is 27.6. The van der Waals surface area contributed by atoms with Gasteiger partial charge in [0.15, 0.2) is 11.5 Å². The van der Waals surface area contributed by atoms with Gasteiger partial charge in [-0.25, -0.2) is 4.79 Å². The van der Waals surface area contributed by atoms with Crippen LogP contribution in [0.15, 0.2) is 28.4 Å². The Morgan fingerprint density at radius 1 is 1.32 bits per heavy atom. The monoisotopic (exact) mass is 539 g/mol. The van der Waals surface area contributed by atoms with Gasteiger partial charge in [-0.3, -0.25) is 0 Å². The Morgan fingerprint density at radius 2 is 2.00 bits per heavy atom. The molecule has 13 heteroatoms. The Hall–Kier alpha value is -2.98. The lowest BCUT2D eigenvalue weighted by molar-refractivity contribution is -0.192. The summed E-state index contributed by atoms with van der Waals surface area (Å²) in [4.78, 5) is 8.90. The Labute approximate surface area is 218 Å². The molecule has 0 fully saturated rings. The van der Waals surface area contributed by atoms with Gasteiger partial charge in [0.05, 0.1) is 11.7 Å². The second-order valence-electron chi connectivity index (χ2n) is 8.61. The van der Waals surface area contributed by atoms with Crippen molar-refractivity contribution < 1.29 is 23.1 Å². The van der Waals surface area contributed by atoms with Crippen LogP contribution in [-0.4, -0.2) is 61.2 Å². The number of halogens is 3. The molecule has 0 amide bonds. The third kappa shape index (κ3) is 8.82. The maximum absolute atomic E-state index is 10.6. The van der Waals surface area contributed by atoms with Crippen molar-refractivity contribution in [2.45, 2.75) is 76.0 Å². The highest BCUT2D eigenvalue weighted by Gasteiger charge is 2.39. The number of nitrogens with zero attached hydrogens (tertiary/aromatic N) is 6. The van der Waals surface area contributed by atoms with Crippen LogP contribution in [-0.2, 0) is 11.2 Å². The van der Waals surface area contributed by atoms with E-state index in [9.17, 15) is 13.2 Å². The minimum atomic E-state index is -5.08. The van der Waals surface area contributed by atoms with Crippen LogP contribution < -0.4 is 5.32 Å². The van der Waals surface area contributed by atoms with Crippen LogP contribution in [0.25, 0.3) is 5.69 Å². The number of alkyl halides is 3. The lowest BCUT2D eigenvalue weighted by atomic mass is 10.0. The summed E-state index contributed by atoms with van der Waals surface area (Å²) < 4.78 is 33.7. The van der Waals surface area contributed by atoms with Crippen molar-refractivity contribution in [1.29, 1.82) is 0 Å². The summed E-state index contributed by atoms with van der Waals surface area (Å²) >= 11 is 1.85. The van der Waals surface area contributed by atoms with Gasteiger partial charge in [0.2, 0.25) is 0 Å². The number of thioether (sulfide) groups is 1. The number of nitrogens with one attached hydrogen (secondary N) is 1. The summed E-state index contributed by atoms with van der Waals surface area (Å²) in [6.45, 7) is 7.29. The van der Waals surface area contributed by atoms with Gasteiger partial charge in [0.25, 0.3) is 0 Å². The quantitative estimate of drug-likeness (QED) is 0.368. The third-order valence-electron chi connectivity index (χ3n) is 5.90. The molecule has 0 spiro atoms. The molecular formula is C24H32F3N7O2S. The predicted molar refractivity (Wildman–Crippen MR) is 136 cm³/mol. The van der Waals surface area contributed by atoms with Crippen LogP contribution in [0.2, 0.25) is 0 Å². The van der Waals surface area contributed by atoms with Gasteiger partial charge in [0.1, 0.15) is 0 Å². The van der Waals surface area contributed by atoms with Gasteiger partial charge in [-0.15, -0.1) is 17.4 Å². The highest BCUT2D eigenvalue weighted by atomic mass is 32.2. The Balaban J connectivity index is 0.000000604. The molecule has 2 heterocycles. The van der Waals surface area contributed by atoms with Crippen LogP contribution in [0.3, 0.4) is 0 Å². The normalized spacial score (nSPS) is 15.3. The molecule has 0 aliphatic carbocycles. The lowest BCUT2D eigenvalue weighted by Crippen LogP contribution is -2.30. The van der Waals surface area contributed by atoms with Crippen molar-refractivity contribution in [3.63, 3.8) is 0 Å². The first kappa shape index (κ1) is 30.2. The van der Waals surface area contributed by atoms with E-state index in [1.165, 1.54) is 11.1 Å². The highest BCUT2D eigenvalue weighted by Crippen LogP contribution is 2.36. The molecule has 1 aromatic heterocycles. The van der Waals surface area contributed by atoms with Gasteiger partial charge >= 0.3 is 12.1 Å². The Bertz CT molecular complexity index is 1110. The summed E-state index contributed by atoms with van der Waals surface area (Å²) in [6.07, 6.45) is 6.67. The number of para-hydroxylation sites is 1. The second kappa shape index (κ2) is 13.5. The molecule has 0 saturated heterocycles. The number of aromatic nitrogens is 4. The van der Waals surface area contributed by atoms with Gasteiger partial charge < -0.3 is 10.4 Å². The van der Waals surface area contributed by atoms with E-state index in [1.54, 1.807) is 0 Å². The van der Waals surface area contributed by atoms with Crippen LogP contribution in [0.5, 0.6) is 0 Å². The zero-order valence-corrected chi connectivity index (χ0v) is 22.1. The average Bonchev–Trinajstić information content (AvgIpc) is 3.46. The van der Waals surface area contributed by atoms with Crippen LogP contribution in [0, 0.1) is 19.3 Å². The van der Waals surface area contributed by atoms with Gasteiger partial charge in [-0.2, -0.15) is 39.8 Å². The molecule has 9 nitrogen and oxygen atoms in total. The molecule has 2 atom stereocenters. The molecule has 0 radical (unpaired) electrons. The van der Waals surface area contributed by atoms with Crippen molar-refractivity contribution in [2.24, 2.45) is 10.2 Å². The van der Waals surface area contributed by atoms with E-state index in [0.29, 0.717) is 11.7 Å². The third-order valence-corrected chi connectivity index (χ3v) is 6.90. The molecule has 1 aromatic carbocycles. The number of carboxylic acids is 1. The summed E-state index contributed by atoms with van der Waals surface area (Å²) in [5.74, 6) is 0.780. The van der Waals surface area contributed by atoms with Gasteiger partial charge in [-0.1, -0.05) is 32.0 Å².